The van der Waals surface area contributed by atoms with Gasteiger partial charge >= 0.3 is 6.18 Å². The lowest BCUT2D eigenvalue weighted by Crippen LogP contribution is -2.47. The fourth-order valence-electron chi connectivity index (χ4n) is 4.11. The number of hydrogen-bond donors (Lipinski definition) is 1. The molecule has 4 nitrogen and oxygen atoms in total. The van der Waals surface area contributed by atoms with Crippen LogP contribution in [0, 0.1) is 11.8 Å². The van der Waals surface area contributed by atoms with E-state index in [-0.39, 0.29) is 29.5 Å². The fourth-order valence-corrected chi connectivity index (χ4v) is 4.11. The van der Waals surface area contributed by atoms with Gasteiger partial charge in [-0.15, -0.1) is 0 Å². The van der Waals surface area contributed by atoms with E-state index >= 15 is 0 Å². The number of carbonyl (C=O) groups excluding carboxylic acids is 1. The van der Waals surface area contributed by atoms with Gasteiger partial charge < -0.3 is 10.0 Å². The average molecular weight is 376 g/mol. The number of carbonyl (C=O) groups is 1. The highest BCUT2D eigenvalue weighted by Crippen LogP contribution is 2.37. The van der Waals surface area contributed by atoms with Crippen LogP contribution in [0.5, 0.6) is 0 Å². The van der Waals surface area contributed by atoms with Crippen LogP contribution >= 0.6 is 0 Å². The van der Waals surface area contributed by atoms with Crippen LogP contribution in [0.25, 0.3) is 11.3 Å². The van der Waals surface area contributed by atoms with Crippen molar-refractivity contribution in [2.24, 2.45) is 11.8 Å². The molecule has 1 saturated heterocycles. The molecule has 1 N–H and O–H groups in total. The first kappa shape index (κ1) is 18.0. The summed E-state index contributed by atoms with van der Waals surface area (Å²) in [6, 6.07) is 10.3. The second kappa shape index (κ2) is 6.64. The Labute approximate surface area is 154 Å². The smallest absolute Gasteiger partial charge is 0.392 e. The maximum atomic E-state index is 12.9. The van der Waals surface area contributed by atoms with Crippen molar-refractivity contribution in [2.45, 2.75) is 25.1 Å². The van der Waals surface area contributed by atoms with Gasteiger partial charge in [-0.1, -0.05) is 18.2 Å². The number of nitrogens with zero attached hydrogens (tertiary/aromatic N) is 2. The summed E-state index contributed by atoms with van der Waals surface area (Å²) in [5, 5.41) is 10.1. The second-order valence-electron chi connectivity index (χ2n) is 7.28. The zero-order valence-corrected chi connectivity index (χ0v) is 14.5. The predicted octanol–water partition coefficient (Wildman–Crippen LogP) is 3.61. The molecule has 2 heterocycles. The number of aliphatic hydroxyl groups is 1. The molecule has 1 saturated carbocycles. The molecule has 3 atom stereocenters. The van der Waals surface area contributed by atoms with Crippen LogP contribution < -0.4 is 0 Å². The number of likely N-dealkylation sites (tertiary alicyclic amines) is 1. The first-order valence-electron chi connectivity index (χ1n) is 8.95. The van der Waals surface area contributed by atoms with Gasteiger partial charge in [0.05, 0.1) is 11.8 Å². The van der Waals surface area contributed by atoms with Crippen molar-refractivity contribution >= 4 is 5.91 Å². The molecular weight excluding hydrogens is 357 g/mol. The largest absolute Gasteiger partial charge is 0.433 e. The van der Waals surface area contributed by atoms with Crippen LogP contribution in [-0.2, 0) is 6.18 Å². The topological polar surface area (TPSA) is 53.4 Å². The molecule has 1 aliphatic carbocycles. The third-order valence-electron chi connectivity index (χ3n) is 5.52. The quantitative estimate of drug-likeness (QED) is 0.871. The van der Waals surface area contributed by atoms with Crippen LogP contribution in [0.3, 0.4) is 0 Å². The molecule has 4 rings (SSSR count). The molecule has 2 aliphatic rings. The zero-order chi connectivity index (χ0) is 19.2. The summed E-state index contributed by atoms with van der Waals surface area (Å²) < 4.78 is 38.7. The third kappa shape index (κ3) is 3.43. The highest BCUT2D eigenvalue weighted by molar-refractivity contribution is 5.95. The Morgan fingerprint density at radius 1 is 1.07 bits per heavy atom. The molecule has 2 aromatic rings. The van der Waals surface area contributed by atoms with Gasteiger partial charge in [0.15, 0.2) is 0 Å². The van der Waals surface area contributed by atoms with Crippen molar-refractivity contribution in [1.29, 1.82) is 0 Å². The highest BCUT2D eigenvalue weighted by Gasteiger charge is 2.42. The molecule has 27 heavy (non-hydrogen) atoms. The summed E-state index contributed by atoms with van der Waals surface area (Å²) in [5.74, 6) is 0.0645. The minimum atomic E-state index is -4.52. The number of fused-ring (bicyclic) bond motifs is 2. The average Bonchev–Trinajstić information content (AvgIpc) is 2.87. The number of alkyl halides is 3. The molecule has 2 fully saturated rings. The normalized spacial score (nSPS) is 24.9. The molecule has 1 amide bonds. The van der Waals surface area contributed by atoms with Gasteiger partial charge in [0.25, 0.3) is 5.91 Å². The van der Waals surface area contributed by atoms with E-state index in [1.165, 1.54) is 12.1 Å². The summed E-state index contributed by atoms with van der Waals surface area (Å²) in [6.07, 6.45) is -3.01. The summed E-state index contributed by atoms with van der Waals surface area (Å²) in [6.45, 7) is 1.03. The lowest BCUT2D eigenvalue weighted by atomic mass is 9.94. The molecule has 1 aliphatic heterocycles. The monoisotopic (exact) mass is 376 g/mol. The Hall–Kier alpha value is -2.41. The van der Waals surface area contributed by atoms with E-state index in [0.717, 1.165) is 18.9 Å². The molecule has 1 unspecified atom stereocenters. The van der Waals surface area contributed by atoms with E-state index in [0.29, 0.717) is 24.2 Å². The molecule has 142 valence electrons. The number of halogens is 3. The first-order valence-corrected chi connectivity index (χ1v) is 8.95. The van der Waals surface area contributed by atoms with Crippen molar-refractivity contribution < 1.29 is 23.1 Å². The minimum Gasteiger partial charge on any atom is -0.392 e. The maximum absolute atomic E-state index is 12.9. The van der Waals surface area contributed by atoms with Crippen LogP contribution in [0.1, 0.15) is 28.9 Å². The minimum absolute atomic E-state index is 0.112. The second-order valence-corrected chi connectivity index (χ2v) is 7.28. The maximum Gasteiger partial charge on any atom is 0.433 e. The molecule has 1 aromatic carbocycles. The number of benzene rings is 1. The van der Waals surface area contributed by atoms with Crippen molar-refractivity contribution in [2.75, 3.05) is 13.1 Å². The summed E-state index contributed by atoms with van der Waals surface area (Å²) in [7, 11) is 0. The Balaban J connectivity index is 1.59. The van der Waals surface area contributed by atoms with Crippen LogP contribution in [0.4, 0.5) is 13.2 Å². The van der Waals surface area contributed by atoms with E-state index in [1.807, 2.05) is 0 Å². The van der Waals surface area contributed by atoms with Gasteiger partial charge in [0.1, 0.15) is 5.69 Å². The number of aliphatic hydroxyl groups excluding tert-OH is 1. The van der Waals surface area contributed by atoms with Crippen LogP contribution in [-0.4, -0.2) is 40.1 Å². The third-order valence-corrected chi connectivity index (χ3v) is 5.52. The van der Waals surface area contributed by atoms with Gasteiger partial charge in [-0.25, -0.2) is 4.98 Å². The van der Waals surface area contributed by atoms with Crippen molar-refractivity contribution in [3.8, 4) is 11.3 Å². The van der Waals surface area contributed by atoms with Crippen molar-refractivity contribution in [1.82, 2.24) is 9.88 Å². The molecule has 0 radical (unpaired) electrons. The number of rotatable bonds is 2. The van der Waals surface area contributed by atoms with Crippen LogP contribution in [0.2, 0.25) is 0 Å². The molecular formula is C20H19F3N2O2. The first-order chi connectivity index (χ1) is 12.8. The van der Waals surface area contributed by atoms with E-state index in [2.05, 4.69) is 4.98 Å². The lowest BCUT2D eigenvalue weighted by Gasteiger charge is -2.35. The number of hydrogen-bond acceptors (Lipinski definition) is 3. The Morgan fingerprint density at radius 3 is 2.41 bits per heavy atom. The van der Waals surface area contributed by atoms with Gasteiger partial charge in [0.2, 0.25) is 0 Å². The van der Waals surface area contributed by atoms with E-state index < -0.39 is 11.9 Å². The fraction of sp³-hybridized carbons (Fsp3) is 0.400. The standard InChI is InChI=1S/C20H19F3N2O2/c21-20(22,23)17-6-2-5-16(24-17)12-3-1-4-13(9-12)19(27)25-10-14-7-8-15(11-25)18(14)26/h1-6,9,14-15,18,26H,7-8,10-11H2/t14-,15+,18?. The van der Waals surface area contributed by atoms with Gasteiger partial charge in [-0.05, 0) is 37.1 Å². The zero-order valence-electron chi connectivity index (χ0n) is 14.5. The number of pyridine rings is 1. The number of amides is 1. The lowest BCUT2D eigenvalue weighted by molar-refractivity contribution is -0.141. The van der Waals surface area contributed by atoms with E-state index in [4.69, 9.17) is 0 Å². The van der Waals surface area contributed by atoms with Gasteiger partial charge in [-0.2, -0.15) is 13.2 Å². The SMILES string of the molecule is O=C(c1cccc(-c2cccc(C(F)(F)F)n2)c1)N1C[C@H]2CC[C@@H](C1)C2O. The van der Waals surface area contributed by atoms with Gasteiger partial charge in [-0.3, -0.25) is 4.79 Å². The summed E-state index contributed by atoms with van der Waals surface area (Å²) in [4.78, 5) is 18.3. The van der Waals surface area contributed by atoms with Crippen molar-refractivity contribution in [3.05, 3.63) is 53.7 Å². The Kier molecular flexibility index (Phi) is 4.42. The molecule has 1 aromatic heterocycles. The number of aromatic nitrogens is 1. The van der Waals surface area contributed by atoms with Gasteiger partial charge in [0, 0.05) is 36.1 Å². The van der Waals surface area contributed by atoms with Crippen LogP contribution in [0.15, 0.2) is 42.5 Å². The van der Waals surface area contributed by atoms with Crippen molar-refractivity contribution in [3.63, 3.8) is 0 Å². The Bertz CT molecular complexity index is 854. The number of piperidine rings is 1. The summed E-state index contributed by atoms with van der Waals surface area (Å²) in [5.41, 5.74) is 0.0985. The molecule has 2 bridgehead atoms. The Morgan fingerprint density at radius 2 is 1.74 bits per heavy atom. The highest BCUT2D eigenvalue weighted by atomic mass is 19.4. The summed E-state index contributed by atoms with van der Waals surface area (Å²) >= 11 is 0. The molecule has 7 heteroatoms. The van der Waals surface area contributed by atoms with E-state index in [1.54, 1.807) is 29.2 Å². The molecule has 0 spiro atoms. The predicted molar refractivity (Wildman–Crippen MR) is 92.8 cm³/mol. The van der Waals surface area contributed by atoms with E-state index in [9.17, 15) is 23.1 Å².